The molecule has 2 heterocycles. The number of aliphatic hydroxyl groups is 1. The van der Waals surface area contributed by atoms with E-state index in [1.807, 2.05) is 6.26 Å². The zero-order valence-electron chi connectivity index (χ0n) is 20.7. The minimum Gasteiger partial charge on any atom is -0.383 e. The highest BCUT2D eigenvalue weighted by Crippen LogP contribution is 2.35. The van der Waals surface area contributed by atoms with E-state index in [2.05, 4.69) is 10.3 Å². The van der Waals surface area contributed by atoms with Crippen LogP contribution in [0.25, 0.3) is 11.1 Å². The van der Waals surface area contributed by atoms with Gasteiger partial charge in [-0.25, -0.2) is 4.98 Å². The number of thiazole rings is 1. The third-order valence-electron chi connectivity index (χ3n) is 6.47. The van der Waals surface area contributed by atoms with Crippen molar-refractivity contribution in [3.05, 3.63) is 70.2 Å². The summed E-state index contributed by atoms with van der Waals surface area (Å²) in [5.41, 5.74) is 0.671. The predicted octanol–water partition coefficient (Wildman–Crippen LogP) is 5.90. The van der Waals surface area contributed by atoms with Gasteiger partial charge in [0.2, 0.25) is 0 Å². The van der Waals surface area contributed by atoms with Crippen molar-refractivity contribution in [1.82, 2.24) is 9.88 Å². The fourth-order valence-electron chi connectivity index (χ4n) is 4.38. The normalized spacial score (nSPS) is 15.3. The van der Waals surface area contributed by atoms with Gasteiger partial charge in [-0.2, -0.15) is 24.9 Å². The van der Waals surface area contributed by atoms with Crippen molar-refractivity contribution < 1.29 is 27.9 Å². The second kappa shape index (κ2) is 12.3. The molecule has 1 unspecified atom stereocenters. The van der Waals surface area contributed by atoms with Crippen molar-refractivity contribution in [2.45, 2.75) is 37.5 Å². The molecule has 2 aromatic carbocycles. The van der Waals surface area contributed by atoms with Gasteiger partial charge >= 0.3 is 6.18 Å². The summed E-state index contributed by atoms with van der Waals surface area (Å²) in [6.45, 7) is 1.04. The van der Waals surface area contributed by atoms with Crippen LogP contribution in [-0.2, 0) is 11.0 Å². The van der Waals surface area contributed by atoms with Crippen molar-refractivity contribution >= 4 is 40.6 Å². The third kappa shape index (κ3) is 6.75. The molecule has 0 radical (unpaired) electrons. The van der Waals surface area contributed by atoms with Crippen LogP contribution in [0.4, 0.5) is 18.9 Å². The number of carbonyl (C=O) groups is 2. The first-order valence-corrected chi connectivity index (χ1v) is 14.4. The molecule has 1 aromatic heterocycles. The van der Waals surface area contributed by atoms with Crippen LogP contribution in [0.2, 0.25) is 0 Å². The Kier molecular flexibility index (Phi) is 9.11. The van der Waals surface area contributed by atoms with Crippen LogP contribution < -0.4 is 5.32 Å². The number of para-hydroxylation sites is 1. The summed E-state index contributed by atoms with van der Waals surface area (Å²) in [5.74, 6) is 0.136. The Bertz CT molecular complexity index is 1270. The van der Waals surface area contributed by atoms with Gasteiger partial charge in [0.1, 0.15) is 11.8 Å². The lowest BCUT2D eigenvalue weighted by molar-refractivity contribution is -0.141. The molecule has 38 heavy (non-hydrogen) atoms. The first-order chi connectivity index (χ1) is 18.2. The van der Waals surface area contributed by atoms with Gasteiger partial charge in [0.25, 0.3) is 11.8 Å². The lowest BCUT2D eigenvalue weighted by atomic mass is 9.97. The van der Waals surface area contributed by atoms with E-state index in [-0.39, 0.29) is 17.5 Å². The van der Waals surface area contributed by atoms with Gasteiger partial charge in [-0.15, -0.1) is 11.3 Å². The molecule has 1 aliphatic heterocycles. The number of benzene rings is 2. The summed E-state index contributed by atoms with van der Waals surface area (Å²) in [7, 11) is 0. The number of aromatic nitrogens is 1. The molecular weight excluding hydrogens is 535 g/mol. The Morgan fingerprint density at radius 2 is 1.92 bits per heavy atom. The van der Waals surface area contributed by atoms with E-state index in [1.54, 1.807) is 52.4 Å². The number of piperidine rings is 1. The first kappa shape index (κ1) is 28.1. The van der Waals surface area contributed by atoms with E-state index < -0.39 is 23.8 Å². The molecule has 1 fully saturated rings. The van der Waals surface area contributed by atoms with Crippen molar-refractivity contribution in [2.24, 2.45) is 0 Å². The number of thioether (sulfide) groups is 1. The average molecular weight is 564 g/mol. The van der Waals surface area contributed by atoms with Crippen LogP contribution >= 0.6 is 23.1 Å². The number of carbonyl (C=O) groups excluding carboxylic acids is 2. The number of anilines is 1. The molecule has 202 valence electrons. The van der Waals surface area contributed by atoms with Crippen LogP contribution in [0.1, 0.15) is 46.2 Å². The lowest BCUT2D eigenvalue weighted by Crippen LogP contribution is -2.43. The van der Waals surface area contributed by atoms with Crippen LogP contribution in [0, 0.1) is 0 Å². The number of hydrogen-bond acceptors (Lipinski definition) is 6. The maximum atomic E-state index is 13.2. The van der Waals surface area contributed by atoms with Crippen molar-refractivity contribution in [3.8, 4) is 11.1 Å². The van der Waals surface area contributed by atoms with Crippen LogP contribution in [0.5, 0.6) is 0 Å². The van der Waals surface area contributed by atoms with Crippen LogP contribution in [0.3, 0.4) is 0 Å². The average Bonchev–Trinajstić information content (AvgIpc) is 3.42. The van der Waals surface area contributed by atoms with Crippen LogP contribution in [0.15, 0.2) is 53.9 Å². The summed E-state index contributed by atoms with van der Waals surface area (Å²) in [6.07, 6.45) is -1.71. The summed E-state index contributed by atoms with van der Waals surface area (Å²) in [4.78, 5) is 31.7. The molecule has 1 aliphatic rings. The number of aliphatic hydroxyl groups excluding tert-OH is 1. The Morgan fingerprint density at radius 1 is 1.18 bits per heavy atom. The Balaban J connectivity index is 1.41. The molecule has 0 aliphatic carbocycles. The van der Waals surface area contributed by atoms with Gasteiger partial charge in [0, 0.05) is 35.6 Å². The predicted molar refractivity (Wildman–Crippen MR) is 145 cm³/mol. The highest BCUT2D eigenvalue weighted by Gasteiger charge is 2.31. The number of nitrogens with one attached hydrogen (secondary N) is 1. The monoisotopic (exact) mass is 563 g/mol. The minimum atomic E-state index is -4.47. The van der Waals surface area contributed by atoms with E-state index in [9.17, 15) is 27.9 Å². The van der Waals surface area contributed by atoms with Crippen molar-refractivity contribution in [1.29, 1.82) is 0 Å². The van der Waals surface area contributed by atoms with Gasteiger partial charge in [0.05, 0.1) is 10.6 Å². The van der Waals surface area contributed by atoms with E-state index in [4.69, 9.17) is 0 Å². The van der Waals surface area contributed by atoms with Crippen molar-refractivity contribution in [2.75, 3.05) is 30.4 Å². The molecule has 11 heteroatoms. The molecule has 0 bridgehead atoms. The fraction of sp³-hybridized carbons (Fsp3) is 0.370. The summed E-state index contributed by atoms with van der Waals surface area (Å²) < 4.78 is 39.6. The Morgan fingerprint density at radius 3 is 2.63 bits per heavy atom. The molecular formula is C27H28F3N3O3S2. The van der Waals surface area contributed by atoms with E-state index in [0.717, 1.165) is 22.9 Å². The second-order valence-corrected chi connectivity index (χ2v) is 10.9. The molecule has 3 aromatic rings. The number of hydrogen-bond donors (Lipinski definition) is 2. The van der Waals surface area contributed by atoms with Gasteiger partial charge in [-0.05, 0) is 55.0 Å². The smallest absolute Gasteiger partial charge is 0.383 e. The number of likely N-dealkylation sites (tertiary alicyclic amines) is 1. The Labute approximate surface area is 227 Å². The van der Waals surface area contributed by atoms with E-state index >= 15 is 0 Å². The highest BCUT2D eigenvalue weighted by molar-refractivity contribution is 7.98. The maximum absolute atomic E-state index is 13.2. The quantitative estimate of drug-likeness (QED) is 0.357. The molecule has 6 nitrogen and oxygen atoms in total. The topological polar surface area (TPSA) is 82.5 Å². The number of alkyl halides is 3. The van der Waals surface area contributed by atoms with E-state index in [1.165, 1.54) is 17.4 Å². The molecule has 2 N–H and O–H groups in total. The van der Waals surface area contributed by atoms with Crippen LogP contribution in [-0.4, -0.2) is 58.0 Å². The molecule has 4 rings (SSSR count). The molecule has 2 amide bonds. The number of rotatable bonds is 8. The minimum absolute atomic E-state index is 0.103. The Hall–Kier alpha value is -2.89. The van der Waals surface area contributed by atoms with E-state index in [0.29, 0.717) is 49.2 Å². The van der Waals surface area contributed by atoms with Gasteiger partial charge in [0.15, 0.2) is 0 Å². The number of amides is 2. The summed E-state index contributed by atoms with van der Waals surface area (Å²) in [5, 5.41) is 15.4. The molecule has 0 spiro atoms. The molecule has 1 saturated heterocycles. The number of nitrogens with zero attached hydrogens (tertiary/aromatic N) is 2. The zero-order chi connectivity index (χ0) is 27.3. The maximum Gasteiger partial charge on any atom is 0.416 e. The molecule has 0 saturated carbocycles. The molecule has 1 atom stereocenters. The third-order valence-corrected chi connectivity index (χ3v) is 8.12. The largest absolute Gasteiger partial charge is 0.416 e. The fourth-order valence-corrected chi connectivity index (χ4v) is 5.81. The SMILES string of the molecule is CSCCC(O)C(=O)N1CCC(c2nc(C(=O)Nc3ccccc3-c3cccc(C(F)(F)F)c3)cs2)CC1. The highest BCUT2D eigenvalue weighted by atomic mass is 32.2. The standard InChI is InChI=1S/C27H28F3N3O3S2/c1-37-14-11-23(34)26(36)33-12-9-17(10-13-33)25-32-22(16-38-25)24(35)31-21-8-3-2-7-20(21)18-5-4-6-19(15-18)27(28,29)30/h2-8,15-17,23,34H,9-14H2,1H3,(H,31,35). The zero-order valence-corrected chi connectivity index (χ0v) is 22.3. The van der Waals surface area contributed by atoms with Gasteiger partial charge < -0.3 is 15.3 Å². The van der Waals surface area contributed by atoms with Crippen molar-refractivity contribution in [3.63, 3.8) is 0 Å². The summed E-state index contributed by atoms with van der Waals surface area (Å²) in [6, 6.07) is 11.7. The van der Waals surface area contributed by atoms with Gasteiger partial charge in [-0.3, -0.25) is 9.59 Å². The summed E-state index contributed by atoms with van der Waals surface area (Å²) >= 11 is 2.96. The van der Waals surface area contributed by atoms with Gasteiger partial charge in [-0.1, -0.05) is 30.3 Å². The number of halogens is 3. The lowest BCUT2D eigenvalue weighted by Gasteiger charge is -2.32. The first-order valence-electron chi connectivity index (χ1n) is 12.2. The second-order valence-electron chi connectivity index (χ2n) is 9.05.